The molecule has 0 unspecified atom stereocenters. The molecule has 100 valence electrons. The van der Waals surface area contributed by atoms with Crippen LogP contribution in [0.4, 0.5) is 13.2 Å². The lowest BCUT2D eigenvalue weighted by Gasteiger charge is -2.21. The van der Waals surface area contributed by atoms with E-state index in [9.17, 15) is 13.2 Å². The number of aliphatic hydroxyl groups is 1. The highest BCUT2D eigenvalue weighted by Gasteiger charge is 2.31. The number of hydrogen-bond acceptors (Lipinski definition) is 2. The van der Waals surface area contributed by atoms with E-state index in [2.05, 4.69) is 4.90 Å². The zero-order chi connectivity index (χ0) is 13.2. The molecule has 0 saturated heterocycles. The van der Waals surface area contributed by atoms with Gasteiger partial charge in [-0.05, 0) is 30.5 Å². The monoisotopic (exact) mass is 259 g/mol. The molecule has 0 aromatic heterocycles. The Morgan fingerprint density at radius 3 is 2.22 bits per heavy atom. The number of nitrogens with zero attached hydrogens (tertiary/aromatic N) is 1. The van der Waals surface area contributed by atoms with E-state index in [1.165, 1.54) is 12.1 Å². The highest BCUT2D eigenvalue weighted by molar-refractivity contribution is 5.24. The summed E-state index contributed by atoms with van der Waals surface area (Å²) in [6.07, 6.45) is -2.05. The molecule has 1 N–H and O–H groups in total. The lowest BCUT2D eigenvalue weighted by Crippen LogP contribution is -2.28. The van der Waals surface area contributed by atoms with Crippen LogP contribution in [0.2, 0.25) is 0 Å². The van der Waals surface area contributed by atoms with E-state index < -0.39 is 11.7 Å². The van der Waals surface area contributed by atoms with Crippen LogP contribution in [0.15, 0.2) is 24.3 Å². The first-order valence-corrected chi connectivity index (χ1v) is 6.02. The van der Waals surface area contributed by atoms with E-state index in [1.54, 1.807) is 0 Å². The summed E-state index contributed by atoms with van der Waals surface area (Å²) in [5, 5.41) is 8.95. The van der Waals surface area contributed by atoms with Gasteiger partial charge in [0.05, 0.1) is 12.2 Å². The second-order valence-electron chi connectivity index (χ2n) is 4.62. The van der Waals surface area contributed by atoms with E-state index in [4.69, 9.17) is 5.11 Å². The van der Waals surface area contributed by atoms with Crippen molar-refractivity contribution in [2.45, 2.75) is 31.6 Å². The van der Waals surface area contributed by atoms with Gasteiger partial charge in [-0.3, -0.25) is 4.90 Å². The fraction of sp³-hybridized carbons (Fsp3) is 0.538. The Hall–Kier alpha value is -1.07. The zero-order valence-electron chi connectivity index (χ0n) is 9.95. The minimum absolute atomic E-state index is 0.0805. The molecule has 18 heavy (non-hydrogen) atoms. The van der Waals surface area contributed by atoms with Crippen LogP contribution in [0.5, 0.6) is 0 Å². The van der Waals surface area contributed by atoms with Crippen LogP contribution in [0.3, 0.4) is 0 Å². The molecule has 0 aliphatic heterocycles. The standard InChI is InChI=1S/C13H16F3NO/c14-13(15,16)11-3-1-10(2-4-11)9-17(7-8-18)12-5-6-12/h1-4,12,18H,5-9H2. The summed E-state index contributed by atoms with van der Waals surface area (Å²) in [5.74, 6) is 0. The van der Waals surface area contributed by atoms with Gasteiger partial charge in [-0.1, -0.05) is 12.1 Å². The van der Waals surface area contributed by atoms with Gasteiger partial charge in [0.2, 0.25) is 0 Å². The van der Waals surface area contributed by atoms with Crippen LogP contribution in [-0.4, -0.2) is 29.2 Å². The fourth-order valence-corrected chi connectivity index (χ4v) is 1.99. The van der Waals surface area contributed by atoms with Gasteiger partial charge in [-0.2, -0.15) is 13.2 Å². The molecule has 0 heterocycles. The lowest BCUT2D eigenvalue weighted by atomic mass is 10.1. The van der Waals surface area contributed by atoms with Gasteiger partial charge in [0.15, 0.2) is 0 Å². The number of rotatable bonds is 5. The second kappa shape index (κ2) is 5.28. The smallest absolute Gasteiger partial charge is 0.395 e. The van der Waals surface area contributed by atoms with Crippen LogP contribution in [0, 0.1) is 0 Å². The minimum Gasteiger partial charge on any atom is -0.395 e. The van der Waals surface area contributed by atoms with Crippen molar-refractivity contribution in [1.29, 1.82) is 0 Å². The van der Waals surface area contributed by atoms with Crippen molar-refractivity contribution in [1.82, 2.24) is 4.90 Å². The van der Waals surface area contributed by atoms with Gasteiger partial charge in [0, 0.05) is 19.1 Å². The molecule has 0 spiro atoms. The molecule has 5 heteroatoms. The molecule has 0 amide bonds. The molecular weight excluding hydrogens is 243 g/mol. The molecule has 1 aliphatic carbocycles. The summed E-state index contributed by atoms with van der Waals surface area (Å²) in [7, 11) is 0. The molecule has 0 radical (unpaired) electrons. The summed E-state index contributed by atoms with van der Waals surface area (Å²) in [5.41, 5.74) is 0.231. The van der Waals surface area contributed by atoms with Crippen molar-refractivity contribution in [3.05, 3.63) is 35.4 Å². The Morgan fingerprint density at radius 2 is 1.78 bits per heavy atom. The maximum absolute atomic E-state index is 12.4. The van der Waals surface area contributed by atoms with Gasteiger partial charge >= 0.3 is 6.18 Å². The van der Waals surface area contributed by atoms with Gasteiger partial charge in [0.1, 0.15) is 0 Å². The molecule has 0 atom stereocenters. The van der Waals surface area contributed by atoms with Crippen LogP contribution < -0.4 is 0 Å². The molecule has 0 bridgehead atoms. The first kappa shape index (κ1) is 13.4. The number of hydrogen-bond donors (Lipinski definition) is 1. The van der Waals surface area contributed by atoms with E-state index in [0.717, 1.165) is 30.5 Å². The van der Waals surface area contributed by atoms with Gasteiger partial charge in [-0.25, -0.2) is 0 Å². The lowest BCUT2D eigenvalue weighted by molar-refractivity contribution is -0.137. The van der Waals surface area contributed by atoms with Crippen molar-refractivity contribution < 1.29 is 18.3 Å². The van der Waals surface area contributed by atoms with Crippen molar-refractivity contribution in [3.63, 3.8) is 0 Å². The van der Waals surface area contributed by atoms with Gasteiger partial charge in [-0.15, -0.1) is 0 Å². The summed E-state index contributed by atoms with van der Waals surface area (Å²) >= 11 is 0. The van der Waals surface area contributed by atoms with E-state index in [0.29, 0.717) is 19.1 Å². The quantitative estimate of drug-likeness (QED) is 0.878. The zero-order valence-corrected chi connectivity index (χ0v) is 9.95. The minimum atomic E-state index is -4.28. The van der Waals surface area contributed by atoms with Crippen molar-refractivity contribution in [2.24, 2.45) is 0 Å². The molecule has 1 aliphatic rings. The van der Waals surface area contributed by atoms with E-state index in [1.807, 2.05) is 0 Å². The average Bonchev–Trinajstić information content (AvgIpc) is 3.12. The fourth-order valence-electron chi connectivity index (χ4n) is 1.99. The molecule has 1 saturated carbocycles. The summed E-state index contributed by atoms with van der Waals surface area (Å²) < 4.78 is 37.2. The molecule has 1 fully saturated rings. The molecule has 1 aromatic rings. The summed E-state index contributed by atoms with van der Waals surface area (Å²) in [4.78, 5) is 2.11. The maximum Gasteiger partial charge on any atom is 0.416 e. The molecule has 1 aromatic carbocycles. The van der Waals surface area contributed by atoms with Crippen molar-refractivity contribution in [3.8, 4) is 0 Å². The predicted octanol–water partition coefficient (Wildman–Crippen LogP) is 2.66. The molecule has 2 rings (SSSR count). The molecular formula is C13H16F3NO. The first-order valence-electron chi connectivity index (χ1n) is 6.02. The largest absolute Gasteiger partial charge is 0.416 e. The summed E-state index contributed by atoms with van der Waals surface area (Å²) in [6.45, 7) is 1.26. The Bertz CT molecular complexity index is 384. The number of benzene rings is 1. The normalized spacial score (nSPS) is 16.3. The van der Waals surface area contributed by atoms with E-state index in [-0.39, 0.29) is 6.61 Å². The Labute approximate surface area is 104 Å². The topological polar surface area (TPSA) is 23.5 Å². The summed E-state index contributed by atoms with van der Waals surface area (Å²) in [6, 6.07) is 5.73. The van der Waals surface area contributed by atoms with Gasteiger partial charge in [0.25, 0.3) is 0 Å². The Morgan fingerprint density at radius 1 is 1.17 bits per heavy atom. The number of alkyl halides is 3. The highest BCUT2D eigenvalue weighted by atomic mass is 19.4. The third-order valence-corrected chi connectivity index (χ3v) is 3.12. The molecule has 2 nitrogen and oxygen atoms in total. The van der Waals surface area contributed by atoms with Gasteiger partial charge < -0.3 is 5.11 Å². The van der Waals surface area contributed by atoms with Crippen LogP contribution in [0.1, 0.15) is 24.0 Å². The SMILES string of the molecule is OCCN(Cc1ccc(C(F)(F)F)cc1)C1CC1. The second-order valence-corrected chi connectivity index (χ2v) is 4.62. The first-order chi connectivity index (χ1) is 8.50. The van der Waals surface area contributed by atoms with Crippen LogP contribution >= 0.6 is 0 Å². The third kappa shape index (κ3) is 3.46. The number of aliphatic hydroxyl groups excluding tert-OH is 1. The third-order valence-electron chi connectivity index (χ3n) is 3.12. The number of halogens is 3. The van der Waals surface area contributed by atoms with Crippen LogP contribution in [-0.2, 0) is 12.7 Å². The maximum atomic E-state index is 12.4. The highest BCUT2D eigenvalue weighted by Crippen LogP contribution is 2.30. The van der Waals surface area contributed by atoms with E-state index >= 15 is 0 Å². The van der Waals surface area contributed by atoms with Crippen molar-refractivity contribution >= 4 is 0 Å². The van der Waals surface area contributed by atoms with Crippen molar-refractivity contribution in [2.75, 3.05) is 13.2 Å². The average molecular weight is 259 g/mol. The Kier molecular flexibility index (Phi) is 3.92. The predicted molar refractivity (Wildman–Crippen MR) is 62.0 cm³/mol. The Balaban J connectivity index is 2.00. The van der Waals surface area contributed by atoms with Crippen LogP contribution in [0.25, 0.3) is 0 Å².